The number of nitrogen functional groups attached to an aromatic ring is 1. The van der Waals surface area contributed by atoms with E-state index < -0.39 is 5.97 Å². The Labute approximate surface area is 80.6 Å². The largest absolute Gasteiger partial charge is 0.478 e. The van der Waals surface area contributed by atoms with Crippen LogP contribution in [0.1, 0.15) is 15.9 Å². The Balaban J connectivity index is 3.21. The predicted molar refractivity (Wildman–Crippen MR) is 50.3 cm³/mol. The minimum atomic E-state index is -1.11. The molecule has 0 aliphatic rings. The third kappa shape index (κ3) is 2.02. The van der Waals surface area contributed by atoms with Crippen LogP contribution in [0.25, 0.3) is 0 Å². The number of carbonyl (C=O) groups is 1. The van der Waals surface area contributed by atoms with Crippen LogP contribution in [0.5, 0.6) is 0 Å². The number of hydrogen-bond donors (Lipinski definition) is 2. The second kappa shape index (κ2) is 3.97. The number of carboxylic acid groups (broad SMARTS) is 1. The standard InChI is InChI=1S/C10H6N2O2/c11-5-1-2-7-3-4-9(12)8(6-7)10(13)14/h3-4,6H,12H2,(H,13,14). The molecule has 0 radical (unpaired) electrons. The minimum Gasteiger partial charge on any atom is -0.478 e. The molecule has 4 heteroatoms. The lowest BCUT2D eigenvalue weighted by atomic mass is 10.1. The highest BCUT2D eigenvalue weighted by molar-refractivity contribution is 5.94. The lowest BCUT2D eigenvalue weighted by molar-refractivity contribution is 0.0698. The Morgan fingerprint density at radius 1 is 1.50 bits per heavy atom. The zero-order chi connectivity index (χ0) is 10.6. The summed E-state index contributed by atoms with van der Waals surface area (Å²) in [5.74, 6) is 3.55. The Bertz CT molecular complexity index is 475. The van der Waals surface area contributed by atoms with E-state index in [1.807, 2.05) is 0 Å². The van der Waals surface area contributed by atoms with Crippen LogP contribution in [0.15, 0.2) is 18.2 Å². The van der Waals surface area contributed by atoms with Crippen LogP contribution >= 0.6 is 0 Å². The van der Waals surface area contributed by atoms with E-state index in [0.717, 1.165) is 0 Å². The second-order valence-corrected chi connectivity index (χ2v) is 2.47. The summed E-state index contributed by atoms with van der Waals surface area (Å²) in [6.07, 6.45) is 0. The zero-order valence-corrected chi connectivity index (χ0v) is 7.11. The summed E-state index contributed by atoms with van der Waals surface area (Å²) in [4.78, 5) is 10.7. The normalized spacial score (nSPS) is 8.21. The maximum atomic E-state index is 10.7. The molecule has 3 N–H and O–H groups in total. The summed E-state index contributed by atoms with van der Waals surface area (Å²) in [5.41, 5.74) is 6.06. The van der Waals surface area contributed by atoms with E-state index in [1.54, 1.807) is 12.1 Å². The average molecular weight is 186 g/mol. The van der Waals surface area contributed by atoms with Crippen molar-refractivity contribution in [3.05, 3.63) is 29.3 Å². The van der Waals surface area contributed by atoms with E-state index in [0.29, 0.717) is 5.56 Å². The average Bonchev–Trinajstić information content (AvgIpc) is 2.16. The van der Waals surface area contributed by atoms with Crippen LogP contribution in [-0.2, 0) is 0 Å². The van der Waals surface area contributed by atoms with Crippen LogP contribution in [0.2, 0.25) is 0 Å². The van der Waals surface area contributed by atoms with E-state index in [9.17, 15) is 4.79 Å². The van der Waals surface area contributed by atoms with Gasteiger partial charge in [0.25, 0.3) is 0 Å². The van der Waals surface area contributed by atoms with Crippen LogP contribution in [-0.4, -0.2) is 11.1 Å². The van der Waals surface area contributed by atoms with Crippen LogP contribution in [0, 0.1) is 23.2 Å². The molecule has 0 heterocycles. The molecule has 0 amide bonds. The molecule has 0 aliphatic carbocycles. The topological polar surface area (TPSA) is 87.1 Å². The van der Waals surface area contributed by atoms with Gasteiger partial charge in [-0.15, -0.1) is 0 Å². The number of anilines is 1. The number of nitriles is 1. The van der Waals surface area contributed by atoms with Gasteiger partial charge in [0.05, 0.1) is 5.56 Å². The van der Waals surface area contributed by atoms with Gasteiger partial charge in [-0.3, -0.25) is 0 Å². The summed E-state index contributed by atoms with van der Waals surface area (Å²) in [6, 6.07) is 5.99. The monoisotopic (exact) mass is 186 g/mol. The van der Waals surface area contributed by atoms with E-state index in [4.69, 9.17) is 16.1 Å². The van der Waals surface area contributed by atoms with Crippen molar-refractivity contribution in [2.75, 3.05) is 5.73 Å². The van der Waals surface area contributed by atoms with Crippen molar-refractivity contribution in [1.82, 2.24) is 0 Å². The number of nitrogens with two attached hydrogens (primary N) is 1. The van der Waals surface area contributed by atoms with Gasteiger partial charge in [0.1, 0.15) is 0 Å². The molecule has 14 heavy (non-hydrogen) atoms. The summed E-state index contributed by atoms with van der Waals surface area (Å²) in [7, 11) is 0. The first-order valence-electron chi connectivity index (χ1n) is 3.68. The van der Waals surface area contributed by atoms with Gasteiger partial charge >= 0.3 is 5.97 Å². The van der Waals surface area contributed by atoms with Gasteiger partial charge in [-0.25, -0.2) is 4.79 Å². The molecule has 0 atom stereocenters. The van der Waals surface area contributed by atoms with Crippen LogP contribution in [0.4, 0.5) is 5.69 Å². The Morgan fingerprint density at radius 2 is 2.21 bits per heavy atom. The Morgan fingerprint density at radius 3 is 2.79 bits per heavy atom. The molecular weight excluding hydrogens is 180 g/mol. The highest BCUT2D eigenvalue weighted by Crippen LogP contribution is 2.13. The molecule has 0 aliphatic heterocycles. The van der Waals surface area contributed by atoms with Crippen LogP contribution < -0.4 is 5.73 Å². The van der Waals surface area contributed by atoms with Crippen molar-refractivity contribution in [2.24, 2.45) is 0 Å². The Hall–Kier alpha value is -2.46. The number of carboxylic acids is 1. The number of rotatable bonds is 1. The Kier molecular flexibility index (Phi) is 2.73. The fourth-order valence-corrected chi connectivity index (χ4v) is 0.919. The van der Waals surface area contributed by atoms with Gasteiger partial charge < -0.3 is 10.8 Å². The molecule has 0 spiro atoms. The van der Waals surface area contributed by atoms with Crippen LogP contribution in [0.3, 0.4) is 0 Å². The minimum absolute atomic E-state index is 0.00487. The molecule has 1 rings (SSSR count). The molecule has 0 unspecified atom stereocenters. The molecule has 0 fully saturated rings. The van der Waals surface area contributed by atoms with Gasteiger partial charge in [-0.2, -0.15) is 5.26 Å². The van der Waals surface area contributed by atoms with Crippen molar-refractivity contribution < 1.29 is 9.90 Å². The molecule has 4 nitrogen and oxygen atoms in total. The van der Waals surface area contributed by atoms with Gasteiger partial charge in [0.15, 0.2) is 6.07 Å². The molecule has 68 valence electrons. The maximum Gasteiger partial charge on any atom is 0.337 e. The lowest BCUT2D eigenvalue weighted by Gasteiger charge is -1.99. The highest BCUT2D eigenvalue weighted by Gasteiger charge is 2.07. The van der Waals surface area contributed by atoms with Gasteiger partial charge in [0.2, 0.25) is 0 Å². The third-order valence-corrected chi connectivity index (χ3v) is 1.55. The van der Waals surface area contributed by atoms with Crippen molar-refractivity contribution in [3.8, 4) is 17.9 Å². The summed E-state index contributed by atoms with van der Waals surface area (Å²) < 4.78 is 0. The smallest absolute Gasteiger partial charge is 0.337 e. The first-order valence-corrected chi connectivity index (χ1v) is 3.68. The van der Waals surface area contributed by atoms with Crippen molar-refractivity contribution >= 4 is 11.7 Å². The molecule has 0 bridgehead atoms. The summed E-state index contributed by atoms with van der Waals surface area (Å²) in [6.45, 7) is 0. The molecule has 1 aromatic carbocycles. The highest BCUT2D eigenvalue weighted by atomic mass is 16.4. The lowest BCUT2D eigenvalue weighted by Crippen LogP contribution is -2.02. The number of aromatic carboxylic acids is 1. The number of benzene rings is 1. The summed E-state index contributed by atoms with van der Waals surface area (Å²) in [5, 5.41) is 16.9. The maximum absolute atomic E-state index is 10.7. The molecule has 0 saturated heterocycles. The first-order chi connectivity index (χ1) is 6.65. The predicted octanol–water partition coefficient (Wildman–Crippen LogP) is 0.842. The quantitative estimate of drug-likeness (QED) is 0.502. The van der Waals surface area contributed by atoms with E-state index in [-0.39, 0.29) is 11.3 Å². The van der Waals surface area contributed by atoms with Crippen molar-refractivity contribution in [2.45, 2.75) is 0 Å². The van der Waals surface area contributed by atoms with Gasteiger partial charge in [-0.1, -0.05) is 5.92 Å². The zero-order valence-electron chi connectivity index (χ0n) is 7.11. The fourth-order valence-electron chi connectivity index (χ4n) is 0.919. The molecule has 0 aromatic heterocycles. The second-order valence-electron chi connectivity index (χ2n) is 2.47. The number of nitrogens with zero attached hydrogens (tertiary/aromatic N) is 1. The molecular formula is C10H6N2O2. The van der Waals surface area contributed by atoms with E-state index in [1.165, 1.54) is 12.1 Å². The SMILES string of the molecule is N#CC#Cc1ccc(N)c(C(=O)O)c1. The van der Waals surface area contributed by atoms with Gasteiger partial charge in [-0.05, 0) is 18.2 Å². The van der Waals surface area contributed by atoms with E-state index in [2.05, 4.69) is 11.8 Å². The summed E-state index contributed by atoms with van der Waals surface area (Å²) >= 11 is 0. The molecule has 1 aromatic rings. The first kappa shape index (κ1) is 9.63. The third-order valence-electron chi connectivity index (χ3n) is 1.55. The molecule has 0 saturated carbocycles. The van der Waals surface area contributed by atoms with Crippen molar-refractivity contribution in [3.63, 3.8) is 0 Å². The van der Waals surface area contributed by atoms with E-state index >= 15 is 0 Å². The van der Waals surface area contributed by atoms with Gasteiger partial charge in [0, 0.05) is 17.2 Å². The number of hydrogen-bond acceptors (Lipinski definition) is 3. The van der Waals surface area contributed by atoms with Crippen molar-refractivity contribution in [1.29, 1.82) is 5.26 Å². The fraction of sp³-hybridized carbons (Fsp3) is 0.